The van der Waals surface area contributed by atoms with Crippen LogP contribution in [0.15, 0.2) is 67.1 Å². The maximum Gasteiger partial charge on any atom is 0.338 e. The number of carbonyl (C=O) groups is 1. The summed E-state index contributed by atoms with van der Waals surface area (Å²) in [7, 11) is 0. The number of rotatable bonds is 2. The van der Waals surface area contributed by atoms with Gasteiger partial charge in [0.15, 0.2) is 5.82 Å². The van der Waals surface area contributed by atoms with E-state index in [0.29, 0.717) is 11.4 Å². The Morgan fingerprint density at radius 1 is 1.00 bits per heavy atom. The third-order valence-corrected chi connectivity index (χ3v) is 3.66. The Kier molecular flexibility index (Phi) is 5.07. The fourth-order valence-corrected chi connectivity index (χ4v) is 2.35. The van der Waals surface area contributed by atoms with Gasteiger partial charge in [0, 0.05) is 29.5 Å². The number of hydrogen-bond acceptors (Lipinski definition) is 4. The van der Waals surface area contributed by atoms with Crippen LogP contribution in [-0.2, 0) is 0 Å². The number of fused-ring (bicyclic) bond motifs is 1. The number of nitrogens with two attached hydrogens (primary N) is 1. The summed E-state index contributed by atoms with van der Waals surface area (Å²) in [5, 5.41) is 9.48. The van der Waals surface area contributed by atoms with Crippen LogP contribution in [0.25, 0.3) is 22.3 Å². The smallest absolute Gasteiger partial charge is 0.338 e. The highest BCUT2D eigenvalue weighted by atomic mass is 19.1. The maximum absolute atomic E-state index is 12.9. The number of hydrogen-bond donors (Lipinski definition) is 2. The number of carboxylic acid groups (broad SMARTS) is 1. The van der Waals surface area contributed by atoms with Crippen molar-refractivity contribution in [2.24, 2.45) is 0 Å². The van der Waals surface area contributed by atoms with E-state index in [4.69, 9.17) is 10.9 Å². The molecule has 0 saturated carbocycles. The molecule has 0 spiro atoms. The predicted octanol–water partition coefficient (Wildman–Crippen LogP) is 3.48. The van der Waals surface area contributed by atoms with Gasteiger partial charge in [-0.2, -0.15) is 0 Å². The van der Waals surface area contributed by atoms with Gasteiger partial charge in [-0.05, 0) is 36.4 Å². The van der Waals surface area contributed by atoms with E-state index in [1.54, 1.807) is 30.5 Å². The Morgan fingerprint density at radius 2 is 1.70 bits per heavy atom. The summed E-state index contributed by atoms with van der Waals surface area (Å²) in [5.74, 6) is 4.11. The zero-order chi connectivity index (χ0) is 19.4. The summed E-state index contributed by atoms with van der Waals surface area (Å²) in [6.45, 7) is 0. The van der Waals surface area contributed by atoms with E-state index in [1.807, 2.05) is 0 Å². The summed E-state index contributed by atoms with van der Waals surface area (Å²) in [6.07, 6.45) is 4.08. The number of halogens is 2. The Bertz CT molecular complexity index is 1090. The first-order chi connectivity index (χ1) is 12.9. The van der Waals surface area contributed by atoms with Crippen LogP contribution in [0.1, 0.15) is 10.4 Å². The molecule has 0 unspecified atom stereocenters. The van der Waals surface area contributed by atoms with Crippen molar-refractivity contribution in [2.75, 3.05) is 5.84 Å². The van der Waals surface area contributed by atoms with E-state index < -0.39 is 5.97 Å². The molecular formula is C19H14F2N4O2. The molecule has 2 aromatic carbocycles. The van der Waals surface area contributed by atoms with E-state index in [0.717, 1.165) is 10.9 Å². The summed E-state index contributed by atoms with van der Waals surface area (Å²) in [4.78, 5) is 18.3. The van der Waals surface area contributed by atoms with Gasteiger partial charge in [0.25, 0.3) is 0 Å². The van der Waals surface area contributed by atoms with Crippen LogP contribution in [0.5, 0.6) is 0 Å². The van der Waals surface area contributed by atoms with Crippen molar-refractivity contribution in [1.29, 1.82) is 0 Å². The molecule has 136 valence electrons. The first-order valence-electron chi connectivity index (χ1n) is 7.77. The van der Waals surface area contributed by atoms with E-state index >= 15 is 0 Å². The van der Waals surface area contributed by atoms with Crippen molar-refractivity contribution in [1.82, 2.24) is 14.6 Å². The van der Waals surface area contributed by atoms with E-state index in [1.165, 1.54) is 41.3 Å². The molecule has 0 bridgehead atoms. The Morgan fingerprint density at radius 3 is 2.37 bits per heavy atom. The zero-order valence-corrected chi connectivity index (χ0v) is 13.9. The molecule has 0 aliphatic rings. The summed E-state index contributed by atoms with van der Waals surface area (Å²) in [6, 6.07) is 12.1. The van der Waals surface area contributed by atoms with Crippen LogP contribution in [0.3, 0.4) is 0 Å². The second kappa shape index (κ2) is 7.61. The standard InChI is InChI=1S/C11H7FN2O2.C8H7FN2/c12-9-3-1-2-7(4-9)10-13-5-8(6-14-10)11(15)16;9-7-1-2-8-6(5-7)3-4-11(8)10/h1-6H,(H,15,16);1-5H,10H2. The maximum atomic E-state index is 12.9. The minimum Gasteiger partial charge on any atom is -0.478 e. The molecule has 4 aromatic rings. The fourth-order valence-electron chi connectivity index (χ4n) is 2.35. The molecule has 0 atom stereocenters. The van der Waals surface area contributed by atoms with Crippen molar-refractivity contribution in [3.63, 3.8) is 0 Å². The van der Waals surface area contributed by atoms with Gasteiger partial charge in [0.05, 0.1) is 11.1 Å². The van der Waals surface area contributed by atoms with Gasteiger partial charge in [-0.1, -0.05) is 12.1 Å². The molecule has 2 aromatic heterocycles. The monoisotopic (exact) mass is 368 g/mol. The predicted molar refractivity (Wildman–Crippen MR) is 96.4 cm³/mol. The number of aromatic nitrogens is 3. The second-order valence-corrected chi connectivity index (χ2v) is 5.54. The number of carboxylic acids is 1. The fraction of sp³-hybridized carbons (Fsp3) is 0. The highest BCUT2D eigenvalue weighted by Crippen LogP contribution is 2.15. The molecule has 0 aliphatic heterocycles. The molecule has 6 nitrogen and oxygen atoms in total. The average molecular weight is 368 g/mol. The van der Waals surface area contributed by atoms with Gasteiger partial charge in [-0.25, -0.2) is 23.5 Å². The summed E-state index contributed by atoms with van der Waals surface area (Å²) >= 11 is 0. The molecule has 0 radical (unpaired) electrons. The highest BCUT2D eigenvalue weighted by Gasteiger charge is 2.06. The third kappa shape index (κ3) is 4.24. The van der Waals surface area contributed by atoms with Gasteiger partial charge < -0.3 is 10.9 Å². The second-order valence-electron chi connectivity index (χ2n) is 5.54. The van der Waals surface area contributed by atoms with Gasteiger partial charge in [0.2, 0.25) is 0 Å². The molecule has 3 N–H and O–H groups in total. The molecule has 0 fully saturated rings. The van der Waals surface area contributed by atoms with Crippen LogP contribution in [0.4, 0.5) is 8.78 Å². The SMILES string of the molecule is Nn1ccc2cc(F)ccc21.O=C(O)c1cnc(-c2cccc(F)c2)nc1. The van der Waals surface area contributed by atoms with Crippen LogP contribution in [0, 0.1) is 11.6 Å². The molecule has 8 heteroatoms. The lowest BCUT2D eigenvalue weighted by Gasteiger charge is -2.00. The van der Waals surface area contributed by atoms with Crippen molar-refractivity contribution in [3.8, 4) is 11.4 Å². The Labute approximate surface area is 152 Å². The topological polar surface area (TPSA) is 94.0 Å². The number of nitrogens with zero attached hydrogens (tertiary/aromatic N) is 3. The van der Waals surface area contributed by atoms with Crippen LogP contribution < -0.4 is 5.84 Å². The van der Waals surface area contributed by atoms with Crippen LogP contribution in [-0.4, -0.2) is 25.7 Å². The normalized spacial score (nSPS) is 10.3. The lowest BCUT2D eigenvalue weighted by atomic mass is 10.2. The van der Waals surface area contributed by atoms with E-state index in [-0.39, 0.29) is 17.2 Å². The molecule has 0 aliphatic carbocycles. The molecule has 4 rings (SSSR count). The van der Waals surface area contributed by atoms with Gasteiger partial charge in [-0.15, -0.1) is 0 Å². The molecule has 27 heavy (non-hydrogen) atoms. The van der Waals surface area contributed by atoms with Crippen molar-refractivity contribution in [2.45, 2.75) is 0 Å². The lowest BCUT2D eigenvalue weighted by Crippen LogP contribution is -2.04. The van der Waals surface area contributed by atoms with Crippen molar-refractivity contribution < 1.29 is 18.7 Å². The van der Waals surface area contributed by atoms with Gasteiger partial charge >= 0.3 is 5.97 Å². The summed E-state index contributed by atoms with van der Waals surface area (Å²) in [5.41, 5.74) is 1.35. The van der Waals surface area contributed by atoms with Gasteiger partial charge in [-0.3, -0.25) is 4.68 Å². The molecule has 0 saturated heterocycles. The van der Waals surface area contributed by atoms with E-state index in [9.17, 15) is 13.6 Å². The van der Waals surface area contributed by atoms with Gasteiger partial charge in [0.1, 0.15) is 11.6 Å². The number of nitrogen functional groups attached to an aromatic ring is 1. The van der Waals surface area contributed by atoms with Crippen LogP contribution >= 0.6 is 0 Å². The average Bonchev–Trinajstić information content (AvgIpc) is 3.02. The van der Waals surface area contributed by atoms with Crippen molar-refractivity contribution >= 4 is 16.9 Å². The third-order valence-electron chi connectivity index (χ3n) is 3.66. The molecule has 0 amide bonds. The first kappa shape index (κ1) is 18.0. The lowest BCUT2D eigenvalue weighted by molar-refractivity contribution is 0.0696. The minimum atomic E-state index is -1.09. The molecule has 2 heterocycles. The largest absolute Gasteiger partial charge is 0.478 e. The quantitative estimate of drug-likeness (QED) is 0.528. The number of aromatic carboxylic acids is 1. The van der Waals surface area contributed by atoms with Crippen molar-refractivity contribution in [3.05, 3.63) is 84.3 Å². The Balaban J connectivity index is 0.000000166. The highest BCUT2D eigenvalue weighted by molar-refractivity contribution is 5.86. The van der Waals surface area contributed by atoms with Crippen LogP contribution in [0.2, 0.25) is 0 Å². The minimum absolute atomic E-state index is 0.000142. The van der Waals surface area contributed by atoms with E-state index in [2.05, 4.69) is 9.97 Å². The molecular weight excluding hydrogens is 354 g/mol. The Hall–Kier alpha value is -3.81. The summed E-state index contributed by atoms with van der Waals surface area (Å²) < 4.78 is 27.0. The zero-order valence-electron chi connectivity index (χ0n) is 13.9. The first-order valence-corrected chi connectivity index (χ1v) is 7.77. The number of benzene rings is 2.